The lowest BCUT2D eigenvalue weighted by Crippen LogP contribution is -2.54. The molecule has 0 aliphatic carbocycles. The van der Waals surface area contributed by atoms with Crippen LogP contribution in [-0.4, -0.2) is 17.8 Å². The van der Waals surface area contributed by atoms with Gasteiger partial charge in [-0.1, -0.05) is 59.1 Å². The summed E-state index contributed by atoms with van der Waals surface area (Å²) in [5.41, 5.74) is 2.04. The summed E-state index contributed by atoms with van der Waals surface area (Å²) in [7, 11) is 0. The van der Waals surface area contributed by atoms with E-state index in [1.54, 1.807) is 61.5 Å². The van der Waals surface area contributed by atoms with Crippen molar-refractivity contribution in [1.82, 2.24) is 5.32 Å². The maximum Gasteiger partial charge on any atom is 0.335 e. The highest BCUT2D eigenvalue weighted by molar-refractivity contribution is 6.39. The van der Waals surface area contributed by atoms with Crippen molar-refractivity contribution in [2.45, 2.75) is 13.5 Å². The van der Waals surface area contributed by atoms with Gasteiger partial charge in [-0.15, -0.1) is 0 Å². The molecule has 9 heteroatoms. The number of urea groups is 1. The molecule has 3 aromatic rings. The SMILES string of the molecule is Cc1ccc(Cl)cc1N1C(=O)NC(=O)/C(=C/c2cccc(OCc3ccc(Cl)cc3Cl)c2)C1=O. The third kappa shape index (κ3) is 5.09. The van der Waals surface area contributed by atoms with Crippen molar-refractivity contribution in [1.29, 1.82) is 0 Å². The molecule has 1 heterocycles. The van der Waals surface area contributed by atoms with Gasteiger partial charge in [0.2, 0.25) is 0 Å². The van der Waals surface area contributed by atoms with Gasteiger partial charge in [0, 0.05) is 20.6 Å². The van der Waals surface area contributed by atoms with E-state index in [4.69, 9.17) is 39.5 Å². The van der Waals surface area contributed by atoms with E-state index in [1.165, 1.54) is 12.1 Å². The molecule has 6 nitrogen and oxygen atoms in total. The molecular formula is C25H17Cl3N2O4. The molecule has 0 aromatic heterocycles. The first kappa shape index (κ1) is 23.8. The number of rotatable bonds is 5. The van der Waals surface area contributed by atoms with Crippen molar-refractivity contribution in [2.75, 3.05) is 4.90 Å². The lowest BCUT2D eigenvalue weighted by Gasteiger charge is -2.27. The summed E-state index contributed by atoms with van der Waals surface area (Å²) in [4.78, 5) is 39.0. The minimum absolute atomic E-state index is 0.197. The van der Waals surface area contributed by atoms with Gasteiger partial charge in [-0.2, -0.15) is 0 Å². The number of nitrogens with zero attached hydrogens (tertiary/aromatic N) is 1. The number of ether oxygens (including phenoxy) is 1. The van der Waals surface area contributed by atoms with Crippen molar-refractivity contribution >= 4 is 64.4 Å². The number of hydrogen-bond donors (Lipinski definition) is 1. The molecule has 172 valence electrons. The van der Waals surface area contributed by atoms with Crippen molar-refractivity contribution < 1.29 is 19.1 Å². The van der Waals surface area contributed by atoms with Crippen LogP contribution in [0.15, 0.2) is 66.2 Å². The Kier molecular flexibility index (Phi) is 6.93. The lowest BCUT2D eigenvalue weighted by atomic mass is 10.1. The van der Waals surface area contributed by atoms with E-state index in [-0.39, 0.29) is 12.2 Å². The van der Waals surface area contributed by atoms with E-state index in [0.717, 1.165) is 10.5 Å². The van der Waals surface area contributed by atoms with E-state index in [1.807, 2.05) is 0 Å². The monoisotopic (exact) mass is 514 g/mol. The molecule has 1 aliphatic rings. The van der Waals surface area contributed by atoms with Gasteiger partial charge >= 0.3 is 6.03 Å². The largest absolute Gasteiger partial charge is 0.489 e. The summed E-state index contributed by atoms with van der Waals surface area (Å²) in [5, 5.41) is 3.57. The number of halogens is 3. The Hall–Kier alpha value is -3.32. The first-order valence-corrected chi connectivity index (χ1v) is 11.2. The second kappa shape index (κ2) is 9.89. The highest BCUT2D eigenvalue weighted by Crippen LogP contribution is 2.29. The molecule has 0 bridgehead atoms. The van der Waals surface area contributed by atoms with Crippen LogP contribution in [0, 0.1) is 6.92 Å². The summed E-state index contributed by atoms with van der Waals surface area (Å²) >= 11 is 18.2. The normalized spacial score (nSPS) is 15.0. The van der Waals surface area contributed by atoms with Gasteiger partial charge in [0.1, 0.15) is 17.9 Å². The highest BCUT2D eigenvalue weighted by Gasteiger charge is 2.37. The molecule has 0 atom stereocenters. The number of nitrogens with one attached hydrogen (secondary N) is 1. The van der Waals surface area contributed by atoms with E-state index >= 15 is 0 Å². The van der Waals surface area contributed by atoms with Gasteiger partial charge in [-0.3, -0.25) is 14.9 Å². The molecule has 3 aromatic carbocycles. The second-order valence-corrected chi connectivity index (χ2v) is 8.77. The summed E-state index contributed by atoms with van der Waals surface area (Å²) in [5.74, 6) is -1.04. The van der Waals surface area contributed by atoms with Crippen LogP contribution in [0.4, 0.5) is 10.5 Å². The van der Waals surface area contributed by atoms with Gasteiger partial charge in [-0.05, 0) is 60.5 Å². The summed E-state index contributed by atoms with van der Waals surface area (Å²) < 4.78 is 5.81. The first-order valence-electron chi connectivity index (χ1n) is 10.1. The smallest absolute Gasteiger partial charge is 0.335 e. The van der Waals surface area contributed by atoms with E-state index in [9.17, 15) is 14.4 Å². The summed E-state index contributed by atoms with van der Waals surface area (Å²) in [6.45, 7) is 1.94. The van der Waals surface area contributed by atoms with E-state index < -0.39 is 17.8 Å². The zero-order valence-corrected chi connectivity index (χ0v) is 20.0. The molecule has 1 saturated heterocycles. The van der Waals surface area contributed by atoms with E-state index in [2.05, 4.69) is 5.32 Å². The van der Waals surface area contributed by atoms with Gasteiger partial charge in [0.15, 0.2) is 0 Å². The van der Waals surface area contributed by atoms with Crippen molar-refractivity contribution in [2.24, 2.45) is 0 Å². The predicted octanol–water partition coefficient (Wildman–Crippen LogP) is 6.20. The number of aryl methyl sites for hydroxylation is 1. The second-order valence-electron chi connectivity index (χ2n) is 7.49. The Morgan fingerprint density at radius 1 is 0.941 bits per heavy atom. The molecule has 0 unspecified atom stereocenters. The number of barbiturate groups is 1. The van der Waals surface area contributed by atoms with Crippen molar-refractivity contribution in [3.05, 3.63) is 98.0 Å². The molecule has 0 saturated carbocycles. The Morgan fingerprint density at radius 2 is 1.68 bits per heavy atom. The van der Waals surface area contributed by atoms with Gasteiger partial charge in [0.05, 0.1) is 5.69 Å². The number of carbonyl (C=O) groups excluding carboxylic acids is 3. The maximum absolute atomic E-state index is 13.2. The van der Waals surface area contributed by atoms with Crippen LogP contribution in [0.1, 0.15) is 16.7 Å². The lowest BCUT2D eigenvalue weighted by molar-refractivity contribution is -0.122. The molecule has 4 rings (SSSR count). The number of imide groups is 2. The molecule has 1 aliphatic heterocycles. The molecular weight excluding hydrogens is 499 g/mol. The number of hydrogen-bond acceptors (Lipinski definition) is 4. The molecule has 4 amide bonds. The first-order chi connectivity index (χ1) is 16.2. The van der Waals surface area contributed by atoms with Crippen LogP contribution in [0.25, 0.3) is 6.08 Å². The van der Waals surface area contributed by atoms with Gasteiger partial charge in [0.25, 0.3) is 11.8 Å². The minimum Gasteiger partial charge on any atom is -0.489 e. The van der Waals surface area contributed by atoms with Crippen molar-refractivity contribution in [3.63, 3.8) is 0 Å². The number of benzene rings is 3. The quantitative estimate of drug-likeness (QED) is 0.324. The number of carbonyl (C=O) groups is 3. The highest BCUT2D eigenvalue weighted by atomic mass is 35.5. The number of anilines is 1. The summed E-state index contributed by atoms with van der Waals surface area (Å²) in [6, 6.07) is 15.9. The Bertz CT molecular complexity index is 1350. The molecule has 0 radical (unpaired) electrons. The minimum atomic E-state index is -0.838. The van der Waals surface area contributed by atoms with Gasteiger partial charge in [-0.25, -0.2) is 9.69 Å². The van der Waals surface area contributed by atoms with Crippen LogP contribution >= 0.6 is 34.8 Å². The zero-order valence-electron chi connectivity index (χ0n) is 17.8. The molecule has 1 fully saturated rings. The third-order valence-electron chi connectivity index (χ3n) is 5.09. The van der Waals surface area contributed by atoms with Crippen molar-refractivity contribution in [3.8, 4) is 5.75 Å². The zero-order chi connectivity index (χ0) is 24.4. The fourth-order valence-electron chi connectivity index (χ4n) is 3.36. The fraction of sp³-hybridized carbons (Fsp3) is 0.0800. The van der Waals surface area contributed by atoms with Crippen LogP contribution in [0.5, 0.6) is 5.75 Å². The van der Waals surface area contributed by atoms with E-state index in [0.29, 0.717) is 37.6 Å². The standard InChI is InChI=1S/C25H17Cl3N2O4/c1-14-5-7-18(27)12-22(14)30-24(32)20(23(31)29-25(30)33)10-15-3-2-4-19(9-15)34-13-16-6-8-17(26)11-21(16)28/h2-12H,13H2,1H3,(H,29,31,33)/b20-10-. The third-order valence-corrected chi connectivity index (χ3v) is 5.91. The Labute approximate surface area is 210 Å². The Morgan fingerprint density at radius 3 is 2.44 bits per heavy atom. The van der Waals surface area contributed by atoms with Crippen LogP contribution in [0.2, 0.25) is 15.1 Å². The summed E-state index contributed by atoms with van der Waals surface area (Å²) in [6.07, 6.45) is 1.40. The molecule has 34 heavy (non-hydrogen) atoms. The Balaban J connectivity index is 1.60. The average Bonchev–Trinajstić information content (AvgIpc) is 2.78. The number of amides is 4. The molecule has 1 N–H and O–H groups in total. The maximum atomic E-state index is 13.2. The van der Waals surface area contributed by atoms with Crippen LogP contribution in [-0.2, 0) is 16.2 Å². The predicted molar refractivity (Wildman–Crippen MR) is 132 cm³/mol. The average molecular weight is 516 g/mol. The molecule has 0 spiro atoms. The van der Waals surface area contributed by atoms with Gasteiger partial charge < -0.3 is 4.74 Å². The fourth-order valence-corrected chi connectivity index (χ4v) is 3.99. The van der Waals surface area contributed by atoms with Crippen LogP contribution in [0.3, 0.4) is 0 Å². The topological polar surface area (TPSA) is 75.7 Å². The van der Waals surface area contributed by atoms with Crippen LogP contribution < -0.4 is 15.0 Å².